The van der Waals surface area contributed by atoms with E-state index in [9.17, 15) is 14.4 Å². The van der Waals surface area contributed by atoms with Crippen LogP contribution in [0.25, 0.3) is 0 Å². The first-order chi connectivity index (χ1) is 13.4. The Hall–Kier alpha value is -2.52. The molecule has 1 N–H and O–H groups in total. The number of ether oxygens (including phenoxy) is 2. The molecule has 150 valence electrons. The average molecular weight is 406 g/mol. The summed E-state index contributed by atoms with van der Waals surface area (Å²) in [6, 6.07) is 5.82. The number of nitrogens with one attached hydrogen (secondary N) is 1. The highest BCUT2D eigenvalue weighted by Gasteiger charge is 2.56. The van der Waals surface area contributed by atoms with Crippen LogP contribution >= 0.6 is 11.6 Å². The first-order valence-corrected chi connectivity index (χ1v) is 9.62. The maximum absolute atomic E-state index is 13.0. The molecule has 2 rings (SSSR count). The molecule has 1 fully saturated rings. The van der Waals surface area contributed by atoms with Crippen molar-refractivity contribution in [2.24, 2.45) is 5.41 Å². The van der Waals surface area contributed by atoms with E-state index in [0.29, 0.717) is 30.0 Å². The van der Waals surface area contributed by atoms with Gasteiger partial charge in [-0.3, -0.25) is 4.79 Å². The van der Waals surface area contributed by atoms with Gasteiger partial charge in [-0.2, -0.15) is 0 Å². The van der Waals surface area contributed by atoms with Gasteiger partial charge in [0.15, 0.2) is 5.94 Å². The van der Waals surface area contributed by atoms with Gasteiger partial charge in [0.2, 0.25) is 5.76 Å². The number of anilines is 1. The van der Waals surface area contributed by atoms with Crippen LogP contribution in [0, 0.1) is 5.41 Å². The molecule has 1 aromatic carbocycles. The smallest absolute Gasteiger partial charge is 0.319 e. The number of hydrogen-bond acceptors (Lipinski definition) is 6. The van der Waals surface area contributed by atoms with E-state index in [-0.39, 0.29) is 24.0 Å². The Kier molecular flexibility index (Phi) is 7.47. The molecule has 0 aliphatic heterocycles. The minimum atomic E-state index is -1.39. The molecular formula is C21H24ClNO5. The maximum atomic E-state index is 13.0. The van der Waals surface area contributed by atoms with Crippen molar-refractivity contribution in [3.63, 3.8) is 0 Å². The van der Waals surface area contributed by atoms with E-state index >= 15 is 0 Å². The van der Waals surface area contributed by atoms with Gasteiger partial charge in [-0.1, -0.05) is 11.6 Å². The molecule has 1 aromatic rings. The lowest BCUT2D eigenvalue weighted by molar-refractivity contribution is -0.153. The Labute approximate surface area is 169 Å². The summed E-state index contributed by atoms with van der Waals surface area (Å²) >= 11 is 5.95. The zero-order valence-corrected chi connectivity index (χ0v) is 17.0. The summed E-state index contributed by atoms with van der Waals surface area (Å²) in [4.78, 5) is 36.5. The molecule has 2 unspecified atom stereocenters. The highest BCUT2D eigenvalue weighted by atomic mass is 35.5. The summed E-state index contributed by atoms with van der Waals surface area (Å²) in [5.74, 6) is 3.05. The van der Waals surface area contributed by atoms with Crippen LogP contribution in [0.5, 0.6) is 0 Å². The summed E-state index contributed by atoms with van der Waals surface area (Å²) in [5, 5.41) is 3.71. The zero-order valence-electron chi connectivity index (χ0n) is 16.2. The van der Waals surface area contributed by atoms with Crippen LogP contribution in [-0.2, 0) is 23.9 Å². The van der Waals surface area contributed by atoms with Crippen molar-refractivity contribution in [3.8, 4) is 0 Å². The van der Waals surface area contributed by atoms with Crippen LogP contribution < -0.4 is 5.32 Å². The van der Waals surface area contributed by atoms with Gasteiger partial charge in [0, 0.05) is 16.3 Å². The lowest BCUT2D eigenvalue weighted by atomic mass is 9.74. The average Bonchev–Trinajstić information content (AvgIpc) is 3.10. The highest BCUT2D eigenvalue weighted by Crippen LogP contribution is 2.48. The van der Waals surface area contributed by atoms with E-state index in [1.165, 1.54) is 0 Å². The van der Waals surface area contributed by atoms with Gasteiger partial charge in [-0.15, -0.1) is 0 Å². The molecule has 1 aliphatic rings. The molecule has 0 spiro atoms. The Balaban J connectivity index is 2.61. The standard InChI is InChI=1S/C21H24ClNO5/c1-4-27-20(26)21(11-5-6-15(21)12-24)19(18(13-25)28-14(2)3)23-17-9-7-16(22)8-10-17/h7-10,14,19,23H,4-6,11H2,1-3H3. The van der Waals surface area contributed by atoms with E-state index in [1.807, 2.05) is 11.9 Å². The van der Waals surface area contributed by atoms with Crippen molar-refractivity contribution in [2.45, 2.75) is 52.2 Å². The summed E-state index contributed by atoms with van der Waals surface area (Å²) in [6.45, 7) is 5.36. The fourth-order valence-electron chi connectivity index (χ4n) is 3.51. The van der Waals surface area contributed by atoms with Crippen molar-refractivity contribution in [2.75, 3.05) is 11.9 Å². The molecule has 7 heteroatoms. The largest absolute Gasteiger partial charge is 0.482 e. The molecule has 0 saturated heterocycles. The van der Waals surface area contributed by atoms with Gasteiger partial charge in [0.05, 0.1) is 12.7 Å². The molecule has 0 amide bonds. The van der Waals surface area contributed by atoms with Crippen LogP contribution in [0.15, 0.2) is 35.6 Å². The predicted molar refractivity (Wildman–Crippen MR) is 106 cm³/mol. The van der Waals surface area contributed by atoms with Crippen LogP contribution in [0.1, 0.15) is 40.0 Å². The van der Waals surface area contributed by atoms with Crippen LogP contribution in [0.3, 0.4) is 0 Å². The summed E-state index contributed by atoms with van der Waals surface area (Å²) in [5.41, 5.74) is -0.521. The Morgan fingerprint density at radius 3 is 2.50 bits per heavy atom. The minimum Gasteiger partial charge on any atom is -0.482 e. The van der Waals surface area contributed by atoms with E-state index in [4.69, 9.17) is 21.1 Å². The van der Waals surface area contributed by atoms with Gasteiger partial charge in [-0.25, -0.2) is 9.59 Å². The van der Waals surface area contributed by atoms with Gasteiger partial charge in [-0.05, 0) is 64.3 Å². The fourth-order valence-corrected chi connectivity index (χ4v) is 3.64. The number of hydrogen-bond donors (Lipinski definition) is 1. The number of rotatable bonds is 8. The number of benzene rings is 1. The molecule has 1 aliphatic carbocycles. The number of esters is 1. The number of halogens is 1. The van der Waals surface area contributed by atoms with Crippen molar-refractivity contribution >= 4 is 35.1 Å². The van der Waals surface area contributed by atoms with Crippen molar-refractivity contribution in [1.29, 1.82) is 0 Å². The topological polar surface area (TPSA) is 81.7 Å². The number of carbonyl (C=O) groups is 1. The fraction of sp³-hybridized carbons (Fsp3) is 0.476. The second kappa shape index (κ2) is 9.61. The zero-order chi connectivity index (χ0) is 20.7. The molecule has 0 bridgehead atoms. The molecule has 28 heavy (non-hydrogen) atoms. The Bertz CT molecular complexity index is 807. The third-order valence-electron chi connectivity index (χ3n) is 4.67. The first-order valence-electron chi connectivity index (χ1n) is 9.24. The normalized spacial score (nSPS) is 19.5. The Morgan fingerprint density at radius 2 is 1.96 bits per heavy atom. The maximum Gasteiger partial charge on any atom is 0.319 e. The molecule has 0 radical (unpaired) electrons. The molecule has 2 atom stereocenters. The van der Waals surface area contributed by atoms with Crippen LogP contribution in [0.2, 0.25) is 5.02 Å². The molecule has 1 saturated carbocycles. The number of carbonyl (C=O) groups excluding carboxylic acids is 3. The quantitative estimate of drug-likeness (QED) is 0.403. The van der Waals surface area contributed by atoms with Gasteiger partial charge >= 0.3 is 5.97 Å². The summed E-state index contributed by atoms with van der Waals surface area (Å²) < 4.78 is 11.0. The predicted octanol–water partition coefficient (Wildman–Crippen LogP) is 3.75. The van der Waals surface area contributed by atoms with Crippen molar-refractivity contribution < 1.29 is 23.9 Å². The SMILES string of the molecule is CCOC(=O)C1(C(Nc2ccc(Cl)cc2)C(=C=O)OC(C)C)CCCC1=C=O. The van der Waals surface area contributed by atoms with Crippen molar-refractivity contribution in [3.05, 3.63) is 40.6 Å². The molecular weight excluding hydrogens is 382 g/mol. The summed E-state index contributed by atoms with van der Waals surface area (Å²) in [6.07, 6.45) is 0.995. The van der Waals surface area contributed by atoms with E-state index in [2.05, 4.69) is 5.32 Å². The monoisotopic (exact) mass is 405 g/mol. The van der Waals surface area contributed by atoms with Gasteiger partial charge in [0.25, 0.3) is 0 Å². The molecule has 0 aromatic heterocycles. The van der Waals surface area contributed by atoms with E-state index in [0.717, 1.165) is 0 Å². The third kappa shape index (κ3) is 4.48. The van der Waals surface area contributed by atoms with Crippen LogP contribution in [-0.4, -0.2) is 36.6 Å². The second-order valence-corrected chi connectivity index (χ2v) is 7.28. The van der Waals surface area contributed by atoms with Gasteiger partial charge < -0.3 is 14.8 Å². The first kappa shape index (κ1) is 21.8. The van der Waals surface area contributed by atoms with E-state index in [1.54, 1.807) is 45.0 Å². The van der Waals surface area contributed by atoms with E-state index < -0.39 is 17.4 Å². The lowest BCUT2D eigenvalue weighted by Crippen LogP contribution is -2.49. The molecule has 0 heterocycles. The van der Waals surface area contributed by atoms with Gasteiger partial charge in [0.1, 0.15) is 17.4 Å². The highest BCUT2D eigenvalue weighted by molar-refractivity contribution is 6.30. The van der Waals surface area contributed by atoms with Crippen molar-refractivity contribution in [1.82, 2.24) is 0 Å². The minimum absolute atomic E-state index is 0.0901. The Morgan fingerprint density at radius 1 is 1.29 bits per heavy atom. The third-order valence-corrected chi connectivity index (χ3v) is 4.92. The molecule has 6 nitrogen and oxygen atoms in total. The summed E-state index contributed by atoms with van der Waals surface area (Å²) in [7, 11) is 0. The lowest BCUT2D eigenvalue weighted by Gasteiger charge is -2.36. The van der Waals surface area contributed by atoms with Crippen LogP contribution in [0.4, 0.5) is 5.69 Å². The second-order valence-electron chi connectivity index (χ2n) is 6.84.